The van der Waals surface area contributed by atoms with E-state index in [1.807, 2.05) is 23.1 Å². The fourth-order valence-electron chi connectivity index (χ4n) is 4.05. The van der Waals surface area contributed by atoms with E-state index in [1.165, 1.54) is 5.56 Å². The van der Waals surface area contributed by atoms with E-state index >= 15 is 0 Å². The number of thiazole rings is 1. The summed E-state index contributed by atoms with van der Waals surface area (Å²) in [6, 6.07) is 18.8. The molecule has 4 nitrogen and oxygen atoms in total. The summed E-state index contributed by atoms with van der Waals surface area (Å²) in [5.74, 6) is 0.101. The lowest BCUT2D eigenvalue weighted by molar-refractivity contribution is -0.118. The lowest BCUT2D eigenvalue weighted by Gasteiger charge is -2.21. The monoisotopic (exact) mass is 467 g/mol. The number of benzene rings is 3. The zero-order valence-corrected chi connectivity index (χ0v) is 20.7. The molecule has 1 aromatic heterocycles. The quantitative estimate of drug-likeness (QED) is 0.333. The topological polar surface area (TPSA) is 36.4 Å². The van der Waals surface area contributed by atoms with Crippen LogP contribution in [0.5, 0.6) is 0 Å². The van der Waals surface area contributed by atoms with E-state index in [9.17, 15) is 4.79 Å². The van der Waals surface area contributed by atoms with Crippen LogP contribution in [0.3, 0.4) is 0 Å². The first-order chi connectivity index (χ1) is 14.9. The molecule has 0 aliphatic carbocycles. The molecule has 168 valence electrons. The second kappa shape index (κ2) is 10.4. The van der Waals surface area contributed by atoms with Crippen LogP contribution in [0.2, 0.25) is 0 Å². The molecule has 0 spiro atoms. The molecule has 0 fully saturated rings. The van der Waals surface area contributed by atoms with Gasteiger partial charge in [-0.2, -0.15) is 0 Å². The zero-order valence-electron chi connectivity index (χ0n) is 19.1. The van der Waals surface area contributed by atoms with Crippen LogP contribution in [-0.4, -0.2) is 43.0 Å². The van der Waals surface area contributed by atoms with Gasteiger partial charge < -0.3 is 4.90 Å². The van der Waals surface area contributed by atoms with E-state index in [0.717, 1.165) is 50.2 Å². The van der Waals surface area contributed by atoms with Crippen molar-refractivity contribution in [2.45, 2.75) is 26.7 Å². The minimum Gasteiger partial charge on any atom is -0.309 e. The SMILES string of the molecule is Cc1cc(C)c2nc(N(CCCN(C)C)C(=O)Cc3cccc4ccccc34)sc2c1.Cl. The van der Waals surface area contributed by atoms with Gasteiger partial charge in [-0.05, 0) is 74.4 Å². The number of aryl methyl sites for hydroxylation is 2. The number of hydrogen-bond acceptors (Lipinski definition) is 4. The second-order valence-electron chi connectivity index (χ2n) is 8.44. The van der Waals surface area contributed by atoms with Crippen molar-refractivity contribution in [3.8, 4) is 0 Å². The van der Waals surface area contributed by atoms with Gasteiger partial charge in [-0.15, -0.1) is 12.4 Å². The molecule has 4 rings (SSSR count). The Labute approximate surface area is 200 Å². The fourth-order valence-corrected chi connectivity index (χ4v) is 5.24. The molecular weight excluding hydrogens is 438 g/mol. The Kier molecular flexibility index (Phi) is 7.88. The number of rotatable bonds is 7. The Morgan fingerprint density at radius 1 is 1.00 bits per heavy atom. The molecule has 0 saturated carbocycles. The molecule has 0 N–H and O–H groups in total. The summed E-state index contributed by atoms with van der Waals surface area (Å²) >= 11 is 1.62. The summed E-state index contributed by atoms with van der Waals surface area (Å²) in [7, 11) is 4.12. The highest BCUT2D eigenvalue weighted by Crippen LogP contribution is 2.32. The van der Waals surface area contributed by atoms with E-state index < -0.39 is 0 Å². The molecule has 0 bridgehead atoms. The van der Waals surface area contributed by atoms with Gasteiger partial charge in [0.05, 0.1) is 16.6 Å². The zero-order chi connectivity index (χ0) is 22.0. The first kappa shape index (κ1) is 24.2. The molecule has 3 aromatic carbocycles. The Bertz CT molecular complexity index is 1230. The van der Waals surface area contributed by atoms with Gasteiger partial charge >= 0.3 is 0 Å². The van der Waals surface area contributed by atoms with Crippen molar-refractivity contribution in [2.24, 2.45) is 0 Å². The number of nitrogens with zero attached hydrogens (tertiary/aromatic N) is 3. The summed E-state index contributed by atoms with van der Waals surface area (Å²) in [6.07, 6.45) is 1.28. The number of hydrogen-bond donors (Lipinski definition) is 0. The van der Waals surface area contributed by atoms with Crippen LogP contribution in [0.1, 0.15) is 23.1 Å². The molecule has 4 aromatic rings. The third-order valence-electron chi connectivity index (χ3n) is 5.56. The molecule has 0 unspecified atom stereocenters. The normalized spacial score (nSPS) is 11.2. The van der Waals surface area contributed by atoms with Crippen molar-refractivity contribution in [2.75, 3.05) is 32.1 Å². The van der Waals surface area contributed by atoms with E-state index in [0.29, 0.717) is 13.0 Å². The van der Waals surface area contributed by atoms with Gasteiger partial charge in [0.25, 0.3) is 0 Å². The molecule has 1 amide bonds. The summed E-state index contributed by atoms with van der Waals surface area (Å²) in [4.78, 5) is 22.5. The number of aromatic nitrogens is 1. The maximum absolute atomic E-state index is 13.5. The van der Waals surface area contributed by atoms with Crippen molar-refractivity contribution in [3.63, 3.8) is 0 Å². The third kappa shape index (κ3) is 5.29. The highest BCUT2D eigenvalue weighted by atomic mass is 35.5. The van der Waals surface area contributed by atoms with Crippen LogP contribution in [0.4, 0.5) is 5.13 Å². The van der Waals surface area contributed by atoms with Crippen LogP contribution in [-0.2, 0) is 11.2 Å². The summed E-state index contributed by atoms with van der Waals surface area (Å²) in [5.41, 5.74) is 4.45. The Balaban J connectivity index is 0.00000289. The van der Waals surface area contributed by atoms with Gasteiger partial charge in [-0.3, -0.25) is 9.69 Å². The standard InChI is InChI=1S/C26H29N3OS.ClH/c1-18-15-19(2)25-23(16-18)31-26(27-25)29(14-8-13-28(3)4)24(30)17-21-11-7-10-20-9-5-6-12-22(20)21;/h5-7,9-12,15-16H,8,13-14,17H2,1-4H3;1H. The van der Waals surface area contributed by atoms with Gasteiger partial charge in [0.1, 0.15) is 0 Å². The minimum absolute atomic E-state index is 0. The fraction of sp³-hybridized carbons (Fsp3) is 0.308. The van der Waals surface area contributed by atoms with E-state index in [4.69, 9.17) is 4.98 Å². The average Bonchev–Trinajstić information content (AvgIpc) is 3.15. The van der Waals surface area contributed by atoms with Crippen molar-refractivity contribution in [1.29, 1.82) is 0 Å². The molecule has 32 heavy (non-hydrogen) atoms. The number of fused-ring (bicyclic) bond motifs is 2. The van der Waals surface area contributed by atoms with Gasteiger partial charge in [-0.1, -0.05) is 59.9 Å². The number of halogens is 1. The lowest BCUT2D eigenvalue weighted by atomic mass is 10.0. The van der Waals surface area contributed by atoms with Crippen LogP contribution in [0, 0.1) is 13.8 Å². The molecule has 0 aliphatic heterocycles. The van der Waals surface area contributed by atoms with Crippen molar-refractivity contribution in [3.05, 3.63) is 71.3 Å². The van der Waals surface area contributed by atoms with E-state index in [-0.39, 0.29) is 18.3 Å². The first-order valence-corrected chi connectivity index (χ1v) is 11.5. The molecule has 1 heterocycles. The van der Waals surface area contributed by atoms with Gasteiger partial charge in [0.15, 0.2) is 5.13 Å². The second-order valence-corrected chi connectivity index (χ2v) is 9.45. The average molecular weight is 468 g/mol. The predicted octanol–water partition coefficient (Wildman–Crippen LogP) is 6.02. The van der Waals surface area contributed by atoms with Crippen molar-refractivity contribution < 1.29 is 4.79 Å². The molecule has 6 heteroatoms. The van der Waals surface area contributed by atoms with Crippen LogP contribution >= 0.6 is 23.7 Å². The molecule has 0 atom stereocenters. The maximum Gasteiger partial charge on any atom is 0.233 e. The summed E-state index contributed by atoms with van der Waals surface area (Å²) in [6.45, 7) is 5.79. The minimum atomic E-state index is 0. The van der Waals surface area contributed by atoms with Gasteiger partial charge in [0, 0.05) is 6.54 Å². The van der Waals surface area contributed by atoms with E-state index in [1.54, 1.807) is 11.3 Å². The van der Waals surface area contributed by atoms with Crippen molar-refractivity contribution >= 4 is 55.8 Å². The summed E-state index contributed by atoms with van der Waals surface area (Å²) < 4.78 is 1.14. The largest absolute Gasteiger partial charge is 0.309 e. The maximum atomic E-state index is 13.5. The molecule has 0 saturated heterocycles. The Morgan fingerprint density at radius 2 is 1.75 bits per heavy atom. The Hall–Kier alpha value is -2.47. The highest BCUT2D eigenvalue weighted by molar-refractivity contribution is 7.22. The first-order valence-electron chi connectivity index (χ1n) is 10.7. The van der Waals surface area contributed by atoms with Gasteiger partial charge in [-0.25, -0.2) is 4.98 Å². The van der Waals surface area contributed by atoms with Crippen LogP contribution in [0.25, 0.3) is 21.0 Å². The number of carbonyl (C=O) groups excluding carboxylic acids is 1. The molecular formula is C26H30ClN3OS. The van der Waals surface area contributed by atoms with Crippen LogP contribution < -0.4 is 4.90 Å². The number of carbonyl (C=O) groups is 1. The smallest absolute Gasteiger partial charge is 0.233 e. The predicted molar refractivity (Wildman–Crippen MR) is 140 cm³/mol. The molecule has 0 radical (unpaired) electrons. The van der Waals surface area contributed by atoms with Crippen LogP contribution in [0.15, 0.2) is 54.6 Å². The number of amides is 1. The van der Waals surface area contributed by atoms with Gasteiger partial charge in [0.2, 0.25) is 5.91 Å². The Morgan fingerprint density at radius 3 is 2.53 bits per heavy atom. The lowest BCUT2D eigenvalue weighted by Crippen LogP contribution is -2.34. The molecule has 0 aliphatic rings. The third-order valence-corrected chi connectivity index (χ3v) is 6.58. The van der Waals surface area contributed by atoms with E-state index in [2.05, 4.69) is 69.2 Å². The van der Waals surface area contributed by atoms with Crippen molar-refractivity contribution in [1.82, 2.24) is 9.88 Å². The highest BCUT2D eigenvalue weighted by Gasteiger charge is 2.21. The summed E-state index contributed by atoms with van der Waals surface area (Å²) in [5, 5.41) is 3.10. The number of anilines is 1.